The van der Waals surface area contributed by atoms with E-state index < -0.39 is 0 Å². The fourth-order valence-corrected chi connectivity index (χ4v) is 1.73. The first-order valence-corrected chi connectivity index (χ1v) is 5.03. The second kappa shape index (κ2) is 3.13. The molecular weight excluding hydrogens is 202 g/mol. The van der Waals surface area contributed by atoms with Crippen LogP contribution in [0, 0.1) is 6.92 Å². The Bertz CT molecular complexity index is 651. The summed E-state index contributed by atoms with van der Waals surface area (Å²) in [6.07, 6.45) is 1.69. The maximum absolute atomic E-state index is 5.71. The Labute approximate surface area is 92.1 Å². The van der Waals surface area contributed by atoms with Crippen molar-refractivity contribution in [3.63, 3.8) is 0 Å². The van der Waals surface area contributed by atoms with Gasteiger partial charge in [-0.3, -0.25) is 0 Å². The number of H-pyrrole nitrogens is 1. The van der Waals surface area contributed by atoms with Crippen LogP contribution in [-0.2, 0) is 0 Å². The number of furan rings is 1. The lowest BCUT2D eigenvalue weighted by molar-refractivity contribution is 0.535. The molecular formula is C12H11N3O. The lowest BCUT2D eigenvalue weighted by Crippen LogP contribution is -1.82. The van der Waals surface area contributed by atoms with E-state index in [1.54, 1.807) is 6.26 Å². The molecule has 0 aliphatic carbocycles. The number of aromatic amines is 1. The molecule has 4 heteroatoms. The van der Waals surface area contributed by atoms with Gasteiger partial charge >= 0.3 is 0 Å². The summed E-state index contributed by atoms with van der Waals surface area (Å²) in [6, 6.07) is 7.56. The van der Waals surface area contributed by atoms with Gasteiger partial charge in [-0.15, -0.1) is 0 Å². The number of nitrogens with one attached hydrogen (secondary N) is 1. The highest BCUT2D eigenvalue weighted by Gasteiger charge is 2.07. The largest absolute Gasteiger partial charge is 0.469 e. The monoisotopic (exact) mass is 213 g/mol. The minimum atomic E-state index is 0.728. The highest BCUT2D eigenvalue weighted by atomic mass is 16.3. The highest BCUT2D eigenvalue weighted by Crippen LogP contribution is 2.23. The van der Waals surface area contributed by atoms with Crippen LogP contribution >= 0.6 is 0 Å². The Balaban J connectivity index is 2.18. The van der Waals surface area contributed by atoms with E-state index in [0.29, 0.717) is 0 Å². The normalized spacial score (nSPS) is 11.1. The second-order valence-corrected chi connectivity index (χ2v) is 3.81. The van der Waals surface area contributed by atoms with E-state index in [0.717, 1.165) is 33.9 Å². The van der Waals surface area contributed by atoms with Gasteiger partial charge in [-0.2, -0.15) is 0 Å². The maximum atomic E-state index is 5.71. The number of hydrogen-bond acceptors (Lipinski definition) is 3. The first-order chi connectivity index (χ1) is 7.72. The van der Waals surface area contributed by atoms with Gasteiger partial charge in [-0.25, -0.2) is 4.98 Å². The van der Waals surface area contributed by atoms with Gasteiger partial charge in [0, 0.05) is 5.69 Å². The van der Waals surface area contributed by atoms with Crippen LogP contribution in [0.15, 0.2) is 34.9 Å². The quantitative estimate of drug-likeness (QED) is 0.611. The van der Waals surface area contributed by atoms with Gasteiger partial charge in [0.15, 0.2) is 0 Å². The van der Waals surface area contributed by atoms with E-state index in [1.807, 2.05) is 31.2 Å². The van der Waals surface area contributed by atoms with Crippen molar-refractivity contribution in [2.75, 3.05) is 5.73 Å². The van der Waals surface area contributed by atoms with Crippen molar-refractivity contribution in [2.45, 2.75) is 6.92 Å². The molecule has 0 unspecified atom stereocenters. The Morgan fingerprint density at radius 2 is 2.19 bits per heavy atom. The summed E-state index contributed by atoms with van der Waals surface area (Å²) < 4.78 is 5.25. The van der Waals surface area contributed by atoms with E-state index in [9.17, 15) is 0 Å². The van der Waals surface area contributed by atoms with Gasteiger partial charge in [-0.1, -0.05) is 0 Å². The second-order valence-electron chi connectivity index (χ2n) is 3.81. The number of aromatic nitrogens is 2. The van der Waals surface area contributed by atoms with Crippen molar-refractivity contribution in [2.24, 2.45) is 0 Å². The van der Waals surface area contributed by atoms with Crippen LogP contribution in [0.3, 0.4) is 0 Å². The third-order valence-corrected chi connectivity index (χ3v) is 2.51. The minimum absolute atomic E-state index is 0.728. The highest BCUT2D eigenvalue weighted by molar-refractivity contribution is 5.82. The maximum Gasteiger partial charge on any atom is 0.141 e. The van der Waals surface area contributed by atoms with Crippen LogP contribution < -0.4 is 5.73 Å². The smallest absolute Gasteiger partial charge is 0.141 e. The third kappa shape index (κ3) is 1.35. The predicted molar refractivity (Wildman–Crippen MR) is 62.9 cm³/mol. The number of nitrogen functional groups attached to an aromatic ring is 1. The summed E-state index contributed by atoms with van der Waals surface area (Å²) in [5.74, 6) is 1.67. The molecule has 0 bridgehead atoms. The van der Waals surface area contributed by atoms with Crippen molar-refractivity contribution in [3.05, 3.63) is 36.3 Å². The van der Waals surface area contributed by atoms with Crippen LogP contribution in [-0.4, -0.2) is 9.97 Å². The number of anilines is 1. The standard InChI is InChI=1S/C12H11N3O/c1-7-4-8(6-16-7)12-14-10-3-2-9(13)5-11(10)15-12/h2-6H,13H2,1H3,(H,14,15). The van der Waals surface area contributed by atoms with Gasteiger partial charge in [-0.05, 0) is 31.2 Å². The Hall–Kier alpha value is -2.23. The van der Waals surface area contributed by atoms with Crippen LogP contribution in [0.4, 0.5) is 5.69 Å². The SMILES string of the molecule is Cc1cc(-c2nc3ccc(N)cc3[nH]2)co1. The van der Waals surface area contributed by atoms with Crippen molar-refractivity contribution < 1.29 is 4.42 Å². The summed E-state index contributed by atoms with van der Waals surface area (Å²) in [4.78, 5) is 7.68. The summed E-state index contributed by atoms with van der Waals surface area (Å²) in [5.41, 5.74) is 9.23. The summed E-state index contributed by atoms with van der Waals surface area (Å²) >= 11 is 0. The Morgan fingerprint density at radius 1 is 1.31 bits per heavy atom. The van der Waals surface area contributed by atoms with E-state index >= 15 is 0 Å². The van der Waals surface area contributed by atoms with Gasteiger partial charge in [0.25, 0.3) is 0 Å². The molecule has 0 radical (unpaired) electrons. The van der Waals surface area contributed by atoms with Crippen LogP contribution in [0.5, 0.6) is 0 Å². The lowest BCUT2D eigenvalue weighted by atomic mass is 10.3. The van der Waals surface area contributed by atoms with Gasteiger partial charge in [0.05, 0.1) is 16.6 Å². The van der Waals surface area contributed by atoms with Gasteiger partial charge in [0.2, 0.25) is 0 Å². The Morgan fingerprint density at radius 3 is 2.94 bits per heavy atom. The molecule has 0 aliphatic rings. The summed E-state index contributed by atoms with van der Waals surface area (Å²) in [6.45, 7) is 1.91. The number of imidazole rings is 1. The zero-order valence-electron chi connectivity index (χ0n) is 8.82. The number of fused-ring (bicyclic) bond motifs is 1. The van der Waals surface area contributed by atoms with Crippen molar-refractivity contribution >= 4 is 16.7 Å². The fraction of sp³-hybridized carbons (Fsp3) is 0.0833. The molecule has 3 N–H and O–H groups in total. The van der Waals surface area contributed by atoms with Gasteiger partial charge in [0.1, 0.15) is 17.8 Å². The molecule has 3 rings (SSSR count). The number of hydrogen-bond donors (Lipinski definition) is 2. The number of rotatable bonds is 1. The number of aryl methyl sites for hydroxylation is 1. The molecule has 0 fully saturated rings. The minimum Gasteiger partial charge on any atom is -0.469 e. The van der Waals surface area contributed by atoms with Crippen molar-refractivity contribution in [1.82, 2.24) is 9.97 Å². The van der Waals surface area contributed by atoms with Crippen LogP contribution in [0.25, 0.3) is 22.4 Å². The molecule has 2 aromatic heterocycles. The van der Waals surface area contributed by atoms with Crippen LogP contribution in [0.2, 0.25) is 0 Å². The zero-order valence-corrected chi connectivity index (χ0v) is 8.82. The van der Waals surface area contributed by atoms with E-state index in [2.05, 4.69) is 9.97 Å². The average Bonchev–Trinajstić information content (AvgIpc) is 2.83. The van der Waals surface area contributed by atoms with Crippen LogP contribution in [0.1, 0.15) is 5.76 Å². The summed E-state index contributed by atoms with van der Waals surface area (Å²) in [7, 11) is 0. The molecule has 4 nitrogen and oxygen atoms in total. The van der Waals surface area contributed by atoms with E-state index in [4.69, 9.17) is 10.2 Å². The molecule has 0 saturated carbocycles. The average molecular weight is 213 g/mol. The zero-order chi connectivity index (χ0) is 11.1. The molecule has 16 heavy (non-hydrogen) atoms. The van der Waals surface area contributed by atoms with Gasteiger partial charge < -0.3 is 15.1 Å². The number of nitrogens with two attached hydrogens (primary N) is 1. The fourth-order valence-electron chi connectivity index (χ4n) is 1.73. The molecule has 0 atom stereocenters. The third-order valence-electron chi connectivity index (χ3n) is 2.51. The van der Waals surface area contributed by atoms with E-state index in [1.165, 1.54) is 0 Å². The molecule has 0 amide bonds. The van der Waals surface area contributed by atoms with E-state index in [-0.39, 0.29) is 0 Å². The topological polar surface area (TPSA) is 67.8 Å². The molecule has 2 heterocycles. The molecule has 3 aromatic rings. The molecule has 0 saturated heterocycles. The van der Waals surface area contributed by atoms with Crippen molar-refractivity contribution in [3.8, 4) is 11.4 Å². The lowest BCUT2D eigenvalue weighted by Gasteiger charge is -1.89. The molecule has 0 aliphatic heterocycles. The first kappa shape index (κ1) is 9.03. The Kier molecular flexibility index (Phi) is 1.77. The number of nitrogens with zero attached hydrogens (tertiary/aromatic N) is 1. The molecule has 80 valence electrons. The number of benzene rings is 1. The predicted octanol–water partition coefficient (Wildman–Crippen LogP) is 2.71. The first-order valence-electron chi connectivity index (χ1n) is 5.03. The molecule has 0 spiro atoms. The summed E-state index contributed by atoms with van der Waals surface area (Å²) in [5, 5.41) is 0. The van der Waals surface area contributed by atoms with Crippen molar-refractivity contribution in [1.29, 1.82) is 0 Å². The molecule has 1 aromatic carbocycles.